The minimum absolute atomic E-state index is 0.217. The molecule has 1 aromatic carbocycles. The lowest BCUT2D eigenvalue weighted by Crippen LogP contribution is -2.45. The molecule has 3 aromatic rings. The quantitative estimate of drug-likeness (QED) is 0.329. The number of alkyl halides is 2. The molecule has 0 radical (unpaired) electrons. The highest BCUT2D eigenvalue weighted by atomic mass is 19.3. The maximum absolute atomic E-state index is 13.9. The molecule has 10 heteroatoms. The Morgan fingerprint density at radius 1 is 1.15 bits per heavy atom. The Bertz CT molecular complexity index is 1290. The summed E-state index contributed by atoms with van der Waals surface area (Å²) in [6.07, 6.45) is 6.28. The van der Waals surface area contributed by atoms with Crippen LogP contribution in [-0.2, 0) is 0 Å². The van der Waals surface area contributed by atoms with E-state index in [1.165, 1.54) is 12.8 Å². The maximum Gasteiger partial charge on any atom is 0.316 e. The van der Waals surface area contributed by atoms with Gasteiger partial charge in [-0.1, -0.05) is 13.0 Å². The van der Waals surface area contributed by atoms with Crippen molar-refractivity contribution in [3.05, 3.63) is 53.9 Å². The number of rotatable bonds is 12. The number of piperidine rings is 1. The van der Waals surface area contributed by atoms with E-state index in [0.29, 0.717) is 24.1 Å². The molecule has 2 fully saturated rings. The first-order valence-electron chi connectivity index (χ1n) is 14.4. The normalized spacial score (nSPS) is 17.9. The Hall–Kier alpha value is -3.40. The Morgan fingerprint density at radius 2 is 1.90 bits per heavy atom. The van der Waals surface area contributed by atoms with Crippen LogP contribution in [0.2, 0.25) is 0 Å². The number of anilines is 1. The van der Waals surface area contributed by atoms with Crippen LogP contribution in [0.3, 0.4) is 0 Å². The molecule has 1 N–H and O–H groups in total. The second-order valence-corrected chi connectivity index (χ2v) is 10.8. The van der Waals surface area contributed by atoms with Crippen molar-refractivity contribution >= 4 is 22.6 Å². The number of pyridine rings is 1. The second kappa shape index (κ2) is 12.4. The van der Waals surface area contributed by atoms with Gasteiger partial charge in [0.1, 0.15) is 5.82 Å². The van der Waals surface area contributed by atoms with Gasteiger partial charge in [-0.2, -0.15) is 0 Å². The largest absolute Gasteiger partial charge is 0.463 e. The van der Waals surface area contributed by atoms with Gasteiger partial charge in [0, 0.05) is 74.5 Å². The van der Waals surface area contributed by atoms with Crippen LogP contribution in [-0.4, -0.2) is 71.0 Å². The summed E-state index contributed by atoms with van der Waals surface area (Å²) in [7, 11) is 0. The standard InChI is InChI=1S/C30H38F2N6O2/c1-3-14-37(4-2)27-11-10-23-24(6-5-7-25(23)36-27)28(39)33-19-26(38-15-12-30(31,32)13-16-38)22-17-34-29(35-18-22)40-20-21-8-9-21/h5-7,10-11,17-18,21,26H,3-4,8-9,12-16,19-20H2,1-2H3,(H,33,39). The summed E-state index contributed by atoms with van der Waals surface area (Å²) in [5.74, 6) is -1.43. The molecule has 2 aliphatic rings. The number of carbonyl (C=O) groups is 1. The van der Waals surface area contributed by atoms with E-state index in [0.717, 1.165) is 41.8 Å². The third-order valence-electron chi connectivity index (χ3n) is 7.77. The van der Waals surface area contributed by atoms with E-state index >= 15 is 0 Å². The lowest BCUT2D eigenvalue weighted by molar-refractivity contribution is -0.0632. The number of benzene rings is 1. The molecule has 0 bridgehead atoms. The molecule has 214 valence electrons. The average molecular weight is 553 g/mol. The smallest absolute Gasteiger partial charge is 0.316 e. The third-order valence-corrected chi connectivity index (χ3v) is 7.77. The number of nitrogens with one attached hydrogen (secondary N) is 1. The van der Waals surface area contributed by atoms with Gasteiger partial charge in [-0.3, -0.25) is 9.69 Å². The van der Waals surface area contributed by atoms with E-state index in [4.69, 9.17) is 9.72 Å². The minimum Gasteiger partial charge on any atom is -0.463 e. The number of ether oxygens (including phenoxy) is 1. The molecule has 8 nitrogen and oxygen atoms in total. The number of aromatic nitrogens is 3. The lowest BCUT2D eigenvalue weighted by atomic mass is 10.0. The van der Waals surface area contributed by atoms with Crippen LogP contribution in [0.5, 0.6) is 6.01 Å². The fourth-order valence-corrected chi connectivity index (χ4v) is 5.18. The first-order valence-corrected chi connectivity index (χ1v) is 14.4. The van der Waals surface area contributed by atoms with Crippen LogP contribution in [0.25, 0.3) is 10.9 Å². The first-order chi connectivity index (χ1) is 19.4. The molecular weight excluding hydrogens is 514 g/mol. The molecule has 2 aromatic heterocycles. The maximum atomic E-state index is 13.9. The van der Waals surface area contributed by atoms with Gasteiger partial charge in [-0.15, -0.1) is 0 Å². The van der Waals surface area contributed by atoms with Crippen LogP contribution in [0.1, 0.15) is 67.9 Å². The van der Waals surface area contributed by atoms with E-state index in [1.807, 2.05) is 29.2 Å². The van der Waals surface area contributed by atoms with Gasteiger partial charge in [-0.05, 0) is 56.4 Å². The third kappa shape index (κ3) is 6.83. The SMILES string of the molecule is CCCN(CC)c1ccc2c(C(=O)NCC(c3cnc(OCC4CC4)nc3)N3CCC(F)(F)CC3)cccc2n1. The summed E-state index contributed by atoms with van der Waals surface area (Å²) in [4.78, 5) is 31.1. The molecule has 1 aliphatic carbocycles. The lowest BCUT2D eigenvalue weighted by Gasteiger charge is -2.37. The number of carbonyl (C=O) groups excluding carboxylic acids is 1. The van der Waals surface area contributed by atoms with Gasteiger partial charge >= 0.3 is 6.01 Å². The number of halogens is 2. The topological polar surface area (TPSA) is 83.5 Å². The summed E-state index contributed by atoms with van der Waals surface area (Å²) >= 11 is 0. The molecule has 3 heterocycles. The fourth-order valence-electron chi connectivity index (χ4n) is 5.18. The van der Waals surface area contributed by atoms with E-state index in [-0.39, 0.29) is 44.4 Å². The molecule has 5 rings (SSSR count). The predicted molar refractivity (Wildman–Crippen MR) is 151 cm³/mol. The van der Waals surface area contributed by atoms with Crippen molar-refractivity contribution in [2.24, 2.45) is 5.92 Å². The Balaban J connectivity index is 1.32. The second-order valence-electron chi connectivity index (χ2n) is 10.8. The fraction of sp³-hybridized carbons (Fsp3) is 0.533. The van der Waals surface area contributed by atoms with Gasteiger partial charge in [-0.25, -0.2) is 23.7 Å². The Kier molecular flexibility index (Phi) is 8.73. The van der Waals surface area contributed by atoms with Gasteiger partial charge in [0.2, 0.25) is 0 Å². The Morgan fingerprint density at radius 3 is 2.58 bits per heavy atom. The highest BCUT2D eigenvalue weighted by Crippen LogP contribution is 2.33. The summed E-state index contributed by atoms with van der Waals surface area (Å²) in [5, 5.41) is 3.82. The monoisotopic (exact) mass is 552 g/mol. The highest BCUT2D eigenvalue weighted by molar-refractivity contribution is 6.06. The van der Waals surface area contributed by atoms with Crippen molar-refractivity contribution in [2.45, 2.75) is 57.9 Å². The number of hydrogen-bond acceptors (Lipinski definition) is 7. The highest BCUT2D eigenvalue weighted by Gasteiger charge is 2.37. The molecule has 40 heavy (non-hydrogen) atoms. The molecule has 1 atom stereocenters. The van der Waals surface area contributed by atoms with E-state index in [9.17, 15) is 13.6 Å². The zero-order valence-electron chi connectivity index (χ0n) is 23.3. The van der Waals surface area contributed by atoms with E-state index in [2.05, 4.69) is 34.0 Å². The number of nitrogens with zero attached hydrogens (tertiary/aromatic N) is 5. The molecule has 1 saturated carbocycles. The van der Waals surface area contributed by atoms with E-state index in [1.54, 1.807) is 18.5 Å². The van der Waals surface area contributed by atoms with E-state index < -0.39 is 5.92 Å². The molecule has 1 unspecified atom stereocenters. The number of fused-ring (bicyclic) bond motifs is 1. The summed E-state index contributed by atoms with van der Waals surface area (Å²) < 4.78 is 33.5. The zero-order chi connectivity index (χ0) is 28.1. The van der Waals surface area contributed by atoms with Crippen LogP contribution >= 0.6 is 0 Å². The average Bonchev–Trinajstić information content (AvgIpc) is 3.80. The van der Waals surface area contributed by atoms with Crippen molar-refractivity contribution in [3.8, 4) is 6.01 Å². The van der Waals surface area contributed by atoms with Gasteiger partial charge < -0.3 is 15.0 Å². The summed E-state index contributed by atoms with van der Waals surface area (Å²) in [6.45, 7) is 7.29. The van der Waals surface area contributed by atoms with Crippen molar-refractivity contribution in [3.63, 3.8) is 0 Å². The predicted octanol–water partition coefficient (Wildman–Crippen LogP) is 5.25. The van der Waals surface area contributed by atoms with Crippen molar-refractivity contribution in [1.82, 2.24) is 25.2 Å². The number of hydrogen-bond donors (Lipinski definition) is 1. The minimum atomic E-state index is -2.67. The number of amides is 1. The zero-order valence-corrected chi connectivity index (χ0v) is 23.3. The van der Waals surface area contributed by atoms with Crippen LogP contribution < -0.4 is 15.0 Å². The van der Waals surface area contributed by atoms with Gasteiger partial charge in [0.15, 0.2) is 0 Å². The van der Waals surface area contributed by atoms with Gasteiger partial charge in [0.25, 0.3) is 11.8 Å². The van der Waals surface area contributed by atoms with Crippen molar-refractivity contribution < 1.29 is 18.3 Å². The molecule has 1 amide bonds. The van der Waals surface area contributed by atoms with Crippen LogP contribution in [0.4, 0.5) is 14.6 Å². The Labute approximate surface area is 234 Å². The van der Waals surface area contributed by atoms with Crippen molar-refractivity contribution in [1.29, 1.82) is 0 Å². The summed E-state index contributed by atoms with van der Waals surface area (Å²) in [6, 6.07) is 9.41. The molecular formula is C30H38F2N6O2. The summed E-state index contributed by atoms with van der Waals surface area (Å²) in [5.41, 5.74) is 2.04. The van der Waals surface area contributed by atoms with Gasteiger partial charge in [0.05, 0.1) is 18.2 Å². The molecule has 0 spiro atoms. The van der Waals surface area contributed by atoms with Crippen LogP contribution in [0, 0.1) is 5.92 Å². The number of likely N-dealkylation sites (tertiary alicyclic amines) is 1. The first kappa shape index (κ1) is 28.1. The molecule has 1 aliphatic heterocycles. The van der Waals surface area contributed by atoms with Crippen LogP contribution in [0.15, 0.2) is 42.7 Å². The molecule has 1 saturated heterocycles. The van der Waals surface area contributed by atoms with Crippen molar-refractivity contribution in [2.75, 3.05) is 44.2 Å².